The number of ether oxygens (including phenoxy) is 1. The predicted molar refractivity (Wildman–Crippen MR) is 103 cm³/mol. The molecule has 1 fully saturated rings. The third-order valence-electron chi connectivity index (χ3n) is 5.20. The zero-order valence-electron chi connectivity index (χ0n) is 14.8. The van der Waals surface area contributed by atoms with Gasteiger partial charge in [0.05, 0.1) is 12.6 Å². The highest BCUT2D eigenvalue weighted by Crippen LogP contribution is 2.44. The molecule has 2 atom stereocenters. The second-order valence-corrected chi connectivity index (χ2v) is 6.93. The van der Waals surface area contributed by atoms with Gasteiger partial charge in [-0.2, -0.15) is 0 Å². The van der Waals surface area contributed by atoms with E-state index in [-0.39, 0.29) is 5.54 Å². The van der Waals surface area contributed by atoms with Crippen LogP contribution in [0.4, 0.5) is 0 Å². The van der Waals surface area contributed by atoms with E-state index < -0.39 is 0 Å². The van der Waals surface area contributed by atoms with Crippen LogP contribution in [0, 0.1) is 0 Å². The van der Waals surface area contributed by atoms with Crippen LogP contribution < -0.4 is 4.74 Å². The molecule has 0 N–H and O–H groups in total. The maximum Gasteiger partial charge on any atom is 0.119 e. The van der Waals surface area contributed by atoms with E-state index in [0.717, 1.165) is 18.8 Å². The van der Waals surface area contributed by atoms with Crippen molar-refractivity contribution in [2.24, 2.45) is 0 Å². The molecule has 4 rings (SSSR count). The highest BCUT2D eigenvalue weighted by molar-refractivity contribution is 5.66. The van der Waals surface area contributed by atoms with Crippen LogP contribution in [0.3, 0.4) is 0 Å². The Hall–Kier alpha value is -2.58. The average molecular weight is 329 g/mol. The second kappa shape index (κ2) is 6.38. The molecule has 0 bridgehead atoms. The first-order valence-corrected chi connectivity index (χ1v) is 8.73. The van der Waals surface area contributed by atoms with Crippen molar-refractivity contribution in [2.75, 3.05) is 13.7 Å². The zero-order valence-corrected chi connectivity index (χ0v) is 14.8. The summed E-state index contributed by atoms with van der Waals surface area (Å²) in [6.45, 7) is 4.44. The molecule has 126 valence electrons. The Morgan fingerprint density at radius 2 is 1.60 bits per heavy atom. The van der Waals surface area contributed by atoms with E-state index in [4.69, 9.17) is 4.74 Å². The molecule has 0 spiro atoms. The predicted octanol–water partition coefficient (Wildman–Crippen LogP) is 5.09. The largest absolute Gasteiger partial charge is 0.497 e. The van der Waals surface area contributed by atoms with Crippen molar-refractivity contribution < 1.29 is 4.74 Å². The molecule has 0 saturated carbocycles. The summed E-state index contributed by atoms with van der Waals surface area (Å²) in [5.74, 6) is 0.895. The molecule has 1 heterocycles. The number of benzene rings is 3. The first-order valence-electron chi connectivity index (χ1n) is 8.73. The van der Waals surface area contributed by atoms with E-state index in [1.165, 1.54) is 22.3 Å². The van der Waals surface area contributed by atoms with Crippen molar-refractivity contribution in [3.63, 3.8) is 0 Å². The maximum atomic E-state index is 5.36. The average Bonchev–Trinajstić information content (AvgIpc) is 3.33. The van der Waals surface area contributed by atoms with E-state index in [1.54, 1.807) is 7.11 Å². The molecule has 25 heavy (non-hydrogen) atoms. The van der Waals surface area contributed by atoms with Gasteiger partial charge < -0.3 is 4.74 Å². The molecule has 0 amide bonds. The Morgan fingerprint density at radius 3 is 2.36 bits per heavy atom. The summed E-state index contributed by atoms with van der Waals surface area (Å²) >= 11 is 0. The van der Waals surface area contributed by atoms with Crippen LogP contribution in [-0.4, -0.2) is 18.6 Å². The minimum atomic E-state index is 0.130. The van der Waals surface area contributed by atoms with Crippen molar-refractivity contribution in [1.29, 1.82) is 0 Å². The third-order valence-corrected chi connectivity index (χ3v) is 5.20. The maximum absolute atomic E-state index is 5.36. The molecular formula is C23H23NO. The molecular weight excluding hydrogens is 306 g/mol. The zero-order chi connectivity index (χ0) is 17.3. The van der Waals surface area contributed by atoms with Crippen LogP contribution in [-0.2, 0) is 12.1 Å². The Balaban J connectivity index is 1.57. The van der Waals surface area contributed by atoms with Crippen LogP contribution in [0.25, 0.3) is 11.1 Å². The van der Waals surface area contributed by atoms with Gasteiger partial charge in [-0.3, -0.25) is 4.90 Å². The third kappa shape index (κ3) is 3.18. The Bertz CT molecular complexity index is 874. The van der Waals surface area contributed by atoms with E-state index >= 15 is 0 Å². The monoisotopic (exact) mass is 329 g/mol. The molecule has 0 aromatic heterocycles. The van der Waals surface area contributed by atoms with Crippen LogP contribution in [0.15, 0.2) is 78.9 Å². The fourth-order valence-electron chi connectivity index (χ4n) is 3.48. The van der Waals surface area contributed by atoms with Gasteiger partial charge in [0.2, 0.25) is 0 Å². The molecule has 1 saturated heterocycles. The summed E-state index contributed by atoms with van der Waals surface area (Å²) in [5.41, 5.74) is 5.31. The molecule has 3 aromatic carbocycles. The van der Waals surface area contributed by atoms with Gasteiger partial charge in [0.15, 0.2) is 0 Å². The molecule has 0 aliphatic carbocycles. The minimum absolute atomic E-state index is 0.130. The van der Waals surface area contributed by atoms with Crippen LogP contribution in [0.2, 0.25) is 0 Å². The summed E-state index contributed by atoms with van der Waals surface area (Å²) in [7, 11) is 1.71. The van der Waals surface area contributed by atoms with Gasteiger partial charge in [-0.15, -0.1) is 0 Å². The van der Waals surface area contributed by atoms with E-state index in [9.17, 15) is 0 Å². The lowest BCUT2D eigenvalue weighted by Crippen LogP contribution is -2.12. The first kappa shape index (κ1) is 15.9. The van der Waals surface area contributed by atoms with Gasteiger partial charge in [0.25, 0.3) is 0 Å². The van der Waals surface area contributed by atoms with Gasteiger partial charge in [-0.1, -0.05) is 60.7 Å². The molecule has 2 heteroatoms. The summed E-state index contributed by atoms with van der Waals surface area (Å²) < 4.78 is 5.36. The van der Waals surface area contributed by atoms with Gasteiger partial charge in [0.1, 0.15) is 5.75 Å². The standard InChI is InChI=1S/C23H23NO/c1-23(17-24(23)16-18-8-4-3-5-9-18)21-12-6-10-19(14-21)20-11-7-13-22(15-20)25-2/h3-15H,16-17H2,1-2H3. The van der Waals surface area contributed by atoms with Crippen molar-refractivity contribution >= 4 is 0 Å². The summed E-state index contributed by atoms with van der Waals surface area (Å²) in [6, 6.07) is 27.8. The Kier molecular flexibility index (Phi) is 4.06. The number of nitrogens with zero attached hydrogens (tertiary/aromatic N) is 1. The van der Waals surface area contributed by atoms with Crippen molar-refractivity contribution in [1.82, 2.24) is 4.90 Å². The van der Waals surface area contributed by atoms with Gasteiger partial charge in [-0.05, 0) is 47.4 Å². The number of hydrogen-bond acceptors (Lipinski definition) is 2. The highest BCUT2D eigenvalue weighted by atomic mass is 16.5. The first-order chi connectivity index (χ1) is 12.2. The highest BCUT2D eigenvalue weighted by Gasteiger charge is 2.48. The van der Waals surface area contributed by atoms with E-state index in [1.807, 2.05) is 12.1 Å². The van der Waals surface area contributed by atoms with Crippen LogP contribution in [0.5, 0.6) is 5.75 Å². The van der Waals surface area contributed by atoms with Crippen molar-refractivity contribution in [2.45, 2.75) is 19.0 Å². The lowest BCUT2D eigenvalue weighted by atomic mass is 9.96. The fourth-order valence-corrected chi connectivity index (χ4v) is 3.48. The topological polar surface area (TPSA) is 12.2 Å². The molecule has 2 unspecified atom stereocenters. The SMILES string of the molecule is COc1cccc(-c2cccc(C3(C)CN3Cc3ccccc3)c2)c1. The number of hydrogen-bond donors (Lipinski definition) is 0. The lowest BCUT2D eigenvalue weighted by molar-refractivity contribution is 0.415. The quantitative estimate of drug-likeness (QED) is 0.604. The van der Waals surface area contributed by atoms with Gasteiger partial charge in [-0.25, -0.2) is 0 Å². The molecule has 1 aliphatic rings. The second-order valence-electron chi connectivity index (χ2n) is 6.93. The summed E-state index contributed by atoms with van der Waals surface area (Å²) in [5, 5.41) is 0. The minimum Gasteiger partial charge on any atom is -0.497 e. The van der Waals surface area contributed by atoms with Crippen LogP contribution >= 0.6 is 0 Å². The molecule has 3 aromatic rings. The lowest BCUT2D eigenvalue weighted by Gasteiger charge is -2.15. The smallest absolute Gasteiger partial charge is 0.119 e. The van der Waals surface area contributed by atoms with E-state index in [0.29, 0.717) is 0 Å². The summed E-state index contributed by atoms with van der Waals surface area (Å²) in [6.07, 6.45) is 0. The molecule has 1 aliphatic heterocycles. The van der Waals surface area contributed by atoms with Crippen LogP contribution in [0.1, 0.15) is 18.1 Å². The van der Waals surface area contributed by atoms with Gasteiger partial charge >= 0.3 is 0 Å². The van der Waals surface area contributed by atoms with E-state index in [2.05, 4.69) is 78.6 Å². The van der Waals surface area contributed by atoms with Gasteiger partial charge in [0, 0.05) is 13.1 Å². The Labute approximate surface area is 149 Å². The Morgan fingerprint density at radius 1 is 0.880 bits per heavy atom. The molecule has 2 nitrogen and oxygen atoms in total. The van der Waals surface area contributed by atoms with Crippen molar-refractivity contribution in [3.8, 4) is 16.9 Å². The number of methoxy groups -OCH3 is 1. The van der Waals surface area contributed by atoms with Crippen molar-refractivity contribution in [3.05, 3.63) is 90.0 Å². The number of rotatable bonds is 5. The fraction of sp³-hybridized carbons (Fsp3) is 0.217. The molecule has 0 radical (unpaired) electrons. The summed E-state index contributed by atoms with van der Waals surface area (Å²) in [4.78, 5) is 2.52. The normalized spacial score (nSPS) is 21.8.